The fourth-order valence-electron chi connectivity index (χ4n) is 5.10. The van der Waals surface area contributed by atoms with Crippen molar-refractivity contribution in [3.05, 3.63) is 94.8 Å². The molecule has 3 aliphatic rings. The van der Waals surface area contributed by atoms with E-state index in [9.17, 15) is 19.2 Å². The van der Waals surface area contributed by atoms with E-state index in [2.05, 4.69) is 10.3 Å². The second-order valence-electron chi connectivity index (χ2n) is 9.55. The molecule has 0 radical (unpaired) electrons. The molecule has 6 rings (SSSR count). The molecule has 4 heterocycles. The lowest BCUT2D eigenvalue weighted by Crippen LogP contribution is -2.58. The van der Waals surface area contributed by atoms with Gasteiger partial charge in [0.25, 0.3) is 11.8 Å². The lowest BCUT2D eigenvalue weighted by Gasteiger charge is -2.35. The number of carbonyl (C=O) groups is 4. The van der Waals surface area contributed by atoms with Crippen LogP contribution in [0, 0.1) is 0 Å². The number of hydrogen-bond acceptors (Lipinski definition) is 8. The summed E-state index contributed by atoms with van der Waals surface area (Å²) < 4.78 is 16.5. The minimum absolute atomic E-state index is 0.0104. The molecule has 1 fully saturated rings. The van der Waals surface area contributed by atoms with E-state index in [1.54, 1.807) is 73.1 Å². The average Bonchev–Trinajstić information content (AvgIpc) is 3.43. The maximum absolute atomic E-state index is 14.0. The first-order valence-electron chi connectivity index (χ1n) is 12.5. The number of nitrogens with one attached hydrogen (secondary N) is 1. The first-order valence-corrected chi connectivity index (χ1v) is 12.5. The molecule has 202 valence electrons. The van der Waals surface area contributed by atoms with E-state index in [4.69, 9.17) is 14.2 Å². The predicted molar refractivity (Wildman–Crippen MR) is 140 cm³/mol. The van der Waals surface area contributed by atoms with Gasteiger partial charge in [-0.15, -0.1) is 0 Å². The molecule has 4 amide bonds. The first-order chi connectivity index (χ1) is 19.4. The van der Waals surface area contributed by atoms with Crippen LogP contribution in [0.25, 0.3) is 6.08 Å². The number of urea groups is 1. The zero-order valence-electron chi connectivity index (χ0n) is 21.5. The Morgan fingerprint density at radius 2 is 1.95 bits per heavy atom. The number of imide groups is 1. The highest BCUT2D eigenvalue weighted by molar-refractivity contribution is 6.10. The van der Waals surface area contributed by atoms with Gasteiger partial charge in [0.05, 0.1) is 19.2 Å². The summed E-state index contributed by atoms with van der Waals surface area (Å²) in [6, 6.07) is 14.4. The number of fused-ring (bicyclic) bond motifs is 2. The fraction of sp³-hybridized carbons (Fsp3) is 0.207. The lowest BCUT2D eigenvalue weighted by molar-refractivity contribution is -0.133. The van der Waals surface area contributed by atoms with Crippen LogP contribution in [-0.2, 0) is 16.1 Å². The fourth-order valence-corrected chi connectivity index (χ4v) is 5.10. The summed E-state index contributed by atoms with van der Waals surface area (Å²) >= 11 is 0. The van der Waals surface area contributed by atoms with E-state index < -0.39 is 30.2 Å². The molecule has 1 N–H and O–H groups in total. The predicted octanol–water partition coefficient (Wildman–Crippen LogP) is 2.63. The molecule has 1 aromatic heterocycles. The minimum Gasteiger partial charge on any atom is -0.497 e. The smallest absolute Gasteiger partial charge is 0.339 e. The molecule has 3 aliphatic heterocycles. The van der Waals surface area contributed by atoms with Crippen LogP contribution in [0.4, 0.5) is 4.79 Å². The number of carbonyl (C=O) groups excluding carboxylic acids is 4. The van der Waals surface area contributed by atoms with E-state index in [-0.39, 0.29) is 31.2 Å². The highest BCUT2D eigenvalue weighted by Gasteiger charge is 2.56. The van der Waals surface area contributed by atoms with E-state index >= 15 is 0 Å². The summed E-state index contributed by atoms with van der Waals surface area (Å²) in [5.74, 6) is -0.535. The zero-order chi connectivity index (χ0) is 27.9. The molecule has 1 saturated heterocycles. The van der Waals surface area contributed by atoms with Gasteiger partial charge in [0.2, 0.25) is 0 Å². The van der Waals surface area contributed by atoms with Crippen LogP contribution in [0.15, 0.2) is 72.6 Å². The van der Waals surface area contributed by atoms with E-state index in [0.29, 0.717) is 28.2 Å². The maximum Gasteiger partial charge on any atom is 0.339 e. The quantitative estimate of drug-likeness (QED) is 0.358. The molecular formula is C29H24N4O7. The summed E-state index contributed by atoms with van der Waals surface area (Å²) in [4.78, 5) is 59.6. The Hall–Kier alpha value is -5.19. The molecule has 0 saturated carbocycles. The molecule has 0 unspecified atom stereocenters. The van der Waals surface area contributed by atoms with Crippen molar-refractivity contribution in [2.24, 2.45) is 0 Å². The van der Waals surface area contributed by atoms with Crippen LogP contribution in [0.3, 0.4) is 0 Å². The normalized spacial score (nSPS) is 19.4. The van der Waals surface area contributed by atoms with Crippen LogP contribution in [0.5, 0.6) is 11.5 Å². The number of esters is 1. The molecule has 0 aliphatic carbocycles. The highest BCUT2D eigenvalue weighted by atomic mass is 16.5. The van der Waals surface area contributed by atoms with Crippen molar-refractivity contribution in [3.63, 3.8) is 0 Å². The van der Waals surface area contributed by atoms with Crippen molar-refractivity contribution in [1.29, 1.82) is 0 Å². The van der Waals surface area contributed by atoms with Crippen molar-refractivity contribution >= 4 is 29.9 Å². The molecule has 0 bridgehead atoms. The van der Waals surface area contributed by atoms with Crippen molar-refractivity contribution in [2.75, 3.05) is 27.0 Å². The van der Waals surface area contributed by atoms with Gasteiger partial charge < -0.3 is 24.4 Å². The topological polar surface area (TPSA) is 127 Å². The van der Waals surface area contributed by atoms with E-state index in [1.807, 2.05) is 0 Å². The Morgan fingerprint density at radius 1 is 1.12 bits per heavy atom. The number of benzene rings is 2. The van der Waals surface area contributed by atoms with Crippen LogP contribution in [0.1, 0.15) is 31.8 Å². The minimum atomic E-state index is -1.66. The SMILES string of the molecule is COc1ccc2c(c1)C(=O)N(C[C@@]1(C3=Cc4cnccc4OC3)NC(=O)N(COC(=O)c3ccccc3)C1=O)C2. The average molecular weight is 541 g/mol. The first kappa shape index (κ1) is 25.1. The van der Waals surface area contributed by atoms with Gasteiger partial charge in [-0.05, 0) is 42.0 Å². The number of nitrogens with zero attached hydrogens (tertiary/aromatic N) is 3. The Labute approximate surface area is 228 Å². The molecular weight excluding hydrogens is 516 g/mol. The second-order valence-corrected chi connectivity index (χ2v) is 9.55. The highest BCUT2D eigenvalue weighted by Crippen LogP contribution is 2.36. The second kappa shape index (κ2) is 9.84. The van der Waals surface area contributed by atoms with Gasteiger partial charge in [-0.2, -0.15) is 0 Å². The monoisotopic (exact) mass is 540 g/mol. The molecule has 11 nitrogen and oxygen atoms in total. The number of pyridine rings is 1. The van der Waals surface area contributed by atoms with Gasteiger partial charge in [-0.25, -0.2) is 14.5 Å². The van der Waals surface area contributed by atoms with Gasteiger partial charge >= 0.3 is 12.0 Å². The standard InChI is InChI=1S/C29H24N4O7/c1-38-22-8-7-19-14-32(25(34)23(19)12-22)16-29(21-11-20-13-30-10-9-24(20)39-15-21)27(36)33(28(37)31-29)17-40-26(35)18-5-3-2-4-6-18/h2-13H,14-17H2,1H3,(H,31,37)/t29-/m0/s1. The van der Waals surface area contributed by atoms with Gasteiger partial charge in [-0.3, -0.25) is 14.6 Å². The third kappa shape index (κ3) is 4.21. The molecule has 40 heavy (non-hydrogen) atoms. The lowest BCUT2D eigenvalue weighted by atomic mass is 9.86. The number of rotatable bonds is 7. The van der Waals surface area contributed by atoms with Gasteiger partial charge in [0.15, 0.2) is 12.3 Å². The molecule has 3 aromatic rings. The number of amides is 4. The maximum atomic E-state index is 14.0. The number of ether oxygens (including phenoxy) is 3. The summed E-state index contributed by atoms with van der Waals surface area (Å²) in [6.07, 6.45) is 4.92. The van der Waals surface area contributed by atoms with Crippen molar-refractivity contribution in [1.82, 2.24) is 20.1 Å². The molecule has 0 spiro atoms. The molecule has 1 atom stereocenters. The van der Waals surface area contributed by atoms with E-state index in [1.165, 1.54) is 12.0 Å². The Kier molecular flexibility index (Phi) is 6.18. The molecule has 2 aromatic carbocycles. The van der Waals surface area contributed by atoms with Crippen LogP contribution >= 0.6 is 0 Å². The van der Waals surface area contributed by atoms with Crippen molar-refractivity contribution < 1.29 is 33.4 Å². The third-order valence-corrected chi connectivity index (χ3v) is 7.21. The number of aromatic nitrogens is 1. The zero-order valence-corrected chi connectivity index (χ0v) is 21.5. The summed E-state index contributed by atoms with van der Waals surface area (Å²) in [5.41, 5.74) is 0.915. The third-order valence-electron chi connectivity index (χ3n) is 7.21. The Balaban J connectivity index is 1.32. The van der Waals surface area contributed by atoms with Crippen molar-refractivity contribution in [2.45, 2.75) is 12.1 Å². The summed E-state index contributed by atoms with van der Waals surface area (Å²) in [6.45, 7) is -0.541. The van der Waals surface area contributed by atoms with Gasteiger partial charge in [0.1, 0.15) is 18.1 Å². The Bertz CT molecular complexity index is 1570. The summed E-state index contributed by atoms with van der Waals surface area (Å²) in [5, 5.41) is 2.79. The largest absolute Gasteiger partial charge is 0.497 e. The van der Waals surface area contributed by atoms with Crippen molar-refractivity contribution in [3.8, 4) is 11.5 Å². The Morgan fingerprint density at radius 3 is 2.75 bits per heavy atom. The van der Waals surface area contributed by atoms with E-state index in [0.717, 1.165) is 10.5 Å². The van der Waals surface area contributed by atoms with Crippen LogP contribution < -0.4 is 14.8 Å². The summed E-state index contributed by atoms with van der Waals surface area (Å²) in [7, 11) is 1.52. The number of hydrogen-bond donors (Lipinski definition) is 1. The van der Waals surface area contributed by atoms with Gasteiger partial charge in [-0.1, -0.05) is 24.3 Å². The number of methoxy groups -OCH3 is 1. The molecule has 11 heteroatoms. The van der Waals surface area contributed by atoms with Crippen LogP contribution in [-0.4, -0.2) is 71.1 Å². The van der Waals surface area contributed by atoms with Crippen LogP contribution in [0.2, 0.25) is 0 Å². The van der Waals surface area contributed by atoms with Gasteiger partial charge in [0, 0.05) is 35.6 Å².